The number of halogens is 3. The summed E-state index contributed by atoms with van der Waals surface area (Å²) in [5.41, 5.74) is 0.170. The molecule has 1 rings (SSSR count). The first-order valence-corrected chi connectivity index (χ1v) is 7.58. The Morgan fingerprint density at radius 1 is 1.24 bits per heavy atom. The summed E-state index contributed by atoms with van der Waals surface area (Å²) in [5, 5.41) is 2.12. The molecule has 0 radical (unpaired) electrons. The van der Waals surface area contributed by atoms with E-state index in [0.717, 1.165) is 18.2 Å². The Labute approximate surface area is 122 Å². The molecule has 0 fully saturated rings. The van der Waals surface area contributed by atoms with Crippen LogP contribution in [0.25, 0.3) is 0 Å². The van der Waals surface area contributed by atoms with Gasteiger partial charge in [0.05, 0.1) is 11.6 Å². The average Bonchev–Trinajstić information content (AvgIpc) is 2.33. The number of rotatable bonds is 6. The van der Waals surface area contributed by atoms with E-state index in [1.54, 1.807) is 12.1 Å². The maximum Gasteiger partial charge on any atom is 0.138 e. The lowest BCUT2D eigenvalue weighted by Gasteiger charge is -2.29. The molecular formula is C13H17BrCl2O. The first-order chi connectivity index (χ1) is 8.06. The molecule has 1 aromatic carbocycles. The maximum absolute atomic E-state index is 6.07. The van der Waals surface area contributed by atoms with Gasteiger partial charge >= 0.3 is 0 Å². The Bertz CT molecular complexity index is 356. The summed E-state index contributed by atoms with van der Waals surface area (Å²) in [6, 6.07) is 5.30. The summed E-state index contributed by atoms with van der Waals surface area (Å²) < 4.78 is 5.81. The predicted molar refractivity (Wildman–Crippen MR) is 78.8 cm³/mol. The average molecular weight is 340 g/mol. The Balaban J connectivity index is 2.72. The molecular weight excluding hydrogens is 323 g/mol. The highest BCUT2D eigenvalue weighted by Crippen LogP contribution is 2.33. The van der Waals surface area contributed by atoms with Crippen molar-refractivity contribution in [3.05, 3.63) is 28.2 Å². The van der Waals surface area contributed by atoms with Gasteiger partial charge < -0.3 is 4.74 Å². The zero-order valence-electron chi connectivity index (χ0n) is 10.1. The lowest BCUT2D eigenvalue weighted by molar-refractivity contribution is 0.158. The molecule has 96 valence electrons. The molecule has 1 aromatic rings. The van der Waals surface area contributed by atoms with Crippen LogP contribution in [-0.4, -0.2) is 11.9 Å². The molecule has 0 unspecified atom stereocenters. The lowest BCUT2D eigenvalue weighted by Crippen LogP contribution is -2.29. The first kappa shape index (κ1) is 15.1. The van der Waals surface area contributed by atoms with Crippen LogP contribution >= 0.6 is 39.1 Å². The fraction of sp³-hybridized carbons (Fsp3) is 0.538. The molecule has 0 aliphatic rings. The predicted octanol–water partition coefficient (Wildman–Crippen LogP) is 5.57. The zero-order valence-corrected chi connectivity index (χ0v) is 13.2. The van der Waals surface area contributed by atoms with Crippen molar-refractivity contribution in [3.8, 4) is 5.75 Å². The standard InChI is InChI=1S/C13H17BrCl2O/c1-3-13(4-2,8-14)9-17-12-6-5-10(15)7-11(12)16/h5-7H,3-4,8-9H2,1-2H3. The van der Waals surface area contributed by atoms with Crippen molar-refractivity contribution in [3.63, 3.8) is 0 Å². The minimum absolute atomic E-state index is 0.170. The second kappa shape index (κ2) is 6.86. The van der Waals surface area contributed by atoms with Crippen LogP contribution in [-0.2, 0) is 0 Å². The van der Waals surface area contributed by atoms with Crippen molar-refractivity contribution >= 4 is 39.1 Å². The number of hydrogen-bond acceptors (Lipinski definition) is 1. The maximum atomic E-state index is 6.07. The van der Waals surface area contributed by atoms with Gasteiger partial charge in [-0.3, -0.25) is 0 Å². The topological polar surface area (TPSA) is 9.23 Å². The molecule has 0 bridgehead atoms. The highest BCUT2D eigenvalue weighted by Gasteiger charge is 2.26. The highest BCUT2D eigenvalue weighted by atomic mass is 79.9. The molecule has 0 saturated carbocycles. The van der Waals surface area contributed by atoms with Crippen molar-refractivity contribution in [2.24, 2.45) is 5.41 Å². The Hall–Kier alpha value is 0.0800. The molecule has 0 amide bonds. The van der Waals surface area contributed by atoms with Crippen LogP contribution in [0.3, 0.4) is 0 Å². The molecule has 0 atom stereocenters. The van der Waals surface area contributed by atoms with Gasteiger partial charge in [-0.15, -0.1) is 0 Å². The molecule has 0 spiro atoms. The van der Waals surface area contributed by atoms with E-state index in [1.807, 2.05) is 6.07 Å². The van der Waals surface area contributed by atoms with Crippen molar-refractivity contribution < 1.29 is 4.74 Å². The summed E-state index contributed by atoms with van der Waals surface area (Å²) >= 11 is 15.5. The van der Waals surface area contributed by atoms with E-state index in [-0.39, 0.29) is 5.41 Å². The molecule has 0 aliphatic heterocycles. The lowest BCUT2D eigenvalue weighted by atomic mass is 9.86. The summed E-state index contributed by atoms with van der Waals surface area (Å²) in [6.07, 6.45) is 2.14. The third-order valence-electron chi connectivity index (χ3n) is 3.21. The number of alkyl halides is 1. The van der Waals surface area contributed by atoms with E-state index >= 15 is 0 Å². The normalized spacial score (nSPS) is 11.6. The smallest absolute Gasteiger partial charge is 0.138 e. The Morgan fingerprint density at radius 2 is 1.88 bits per heavy atom. The third-order valence-corrected chi connectivity index (χ3v) is 4.93. The van der Waals surface area contributed by atoms with Crippen molar-refractivity contribution in [2.75, 3.05) is 11.9 Å². The fourth-order valence-corrected chi connectivity index (χ4v) is 2.92. The number of ether oxygens (including phenoxy) is 1. The van der Waals surface area contributed by atoms with Crippen molar-refractivity contribution in [1.82, 2.24) is 0 Å². The molecule has 4 heteroatoms. The Morgan fingerprint density at radius 3 is 2.35 bits per heavy atom. The van der Waals surface area contributed by atoms with Crippen LogP contribution in [0.1, 0.15) is 26.7 Å². The van der Waals surface area contributed by atoms with Gasteiger partial charge in [-0.1, -0.05) is 53.0 Å². The summed E-state index contributed by atoms with van der Waals surface area (Å²) in [4.78, 5) is 0. The monoisotopic (exact) mass is 338 g/mol. The summed E-state index contributed by atoms with van der Waals surface area (Å²) in [7, 11) is 0. The largest absolute Gasteiger partial charge is 0.491 e. The molecule has 1 nitrogen and oxygen atoms in total. The second-order valence-electron chi connectivity index (χ2n) is 4.20. The van der Waals surface area contributed by atoms with E-state index in [4.69, 9.17) is 27.9 Å². The van der Waals surface area contributed by atoms with E-state index < -0.39 is 0 Å². The van der Waals surface area contributed by atoms with Gasteiger partial charge in [0.2, 0.25) is 0 Å². The van der Waals surface area contributed by atoms with Gasteiger partial charge in [0, 0.05) is 15.8 Å². The van der Waals surface area contributed by atoms with Gasteiger partial charge in [0.25, 0.3) is 0 Å². The van der Waals surface area contributed by atoms with Crippen LogP contribution in [0.15, 0.2) is 18.2 Å². The van der Waals surface area contributed by atoms with Gasteiger partial charge in [-0.25, -0.2) is 0 Å². The number of benzene rings is 1. The zero-order chi connectivity index (χ0) is 12.9. The van der Waals surface area contributed by atoms with Crippen LogP contribution in [0.4, 0.5) is 0 Å². The van der Waals surface area contributed by atoms with Crippen molar-refractivity contribution in [1.29, 1.82) is 0 Å². The minimum Gasteiger partial charge on any atom is -0.491 e. The quantitative estimate of drug-likeness (QED) is 0.615. The minimum atomic E-state index is 0.170. The highest BCUT2D eigenvalue weighted by molar-refractivity contribution is 9.09. The van der Waals surface area contributed by atoms with Crippen LogP contribution in [0.2, 0.25) is 10.0 Å². The molecule has 0 aliphatic carbocycles. The Kier molecular flexibility index (Phi) is 6.11. The molecule has 0 N–H and O–H groups in total. The van der Waals surface area contributed by atoms with Crippen LogP contribution in [0.5, 0.6) is 5.75 Å². The van der Waals surface area contributed by atoms with Gasteiger partial charge in [-0.05, 0) is 31.0 Å². The van der Waals surface area contributed by atoms with Gasteiger partial charge in [-0.2, -0.15) is 0 Å². The van der Waals surface area contributed by atoms with E-state index in [2.05, 4.69) is 29.8 Å². The molecule has 0 saturated heterocycles. The van der Waals surface area contributed by atoms with Gasteiger partial charge in [0.1, 0.15) is 5.75 Å². The SMILES string of the molecule is CCC(CC)(CBr)COc1ccc(Cl)cc1Cl. The van der Waals surface area contributed by atoms with Crippen LogP contribution < -0.4 is 4.74 Å². The number of hydrogen-bond donors (Lipinski definition) is 0. The van der Waals surface area contributed by atoms with E-state index in [1.165, 1.54) is 0 Å². The van der Waals surface area contributed by atoms with E-state index in [9.17, 15) is 0 Å². The van der Waals surface area contributed by atoms with E-state index in [0.29, 0.717) is 22.4 Å². The molecule has 17 heavy (non-hydrogen) atoms. The molecule has 0 aromatic heterocycles. The first-order valence-electron chi connectivity index (χ1n) is 5.70. The fourth-order valence-electron chi connectivity index (χ4n) is 1.50. The third kappa shape index (κ3) is 4.04. The van der Waals surface area contributed by atoms with Gasteiger partial charge in [0.15, 0.2) is 0 Å². The summed E-state index contributed by atoms with van der Waals surface area (Å²) in [5.74, 6) is 0.697. The molecule has 0 heterocycles. The second-order valence-corrected chi connectivity index (χ2v) is 5.61. The van der Waals surface area contributed by atoms with Crippen LogP contribution in [0, 0.1) is 5.41 Å². The summed E-state index contributed by atoms with van der Waals surface area (Å²) in [6.45, 7) is 5.02. The van der Waals surface area contributed by atoms with Crippen molar-refractivity contribution in [2.45, 2.75) is 26.7 Å².